The van der Waals surface area contributed by atoms with Crippen molar-refractivity contribution in [1.29, 1.82) is 0 Å². The zero-order valence-electron chi connectivity index (χ0n) is 14.0. The van der Waals surface area contributed by atoms with Crippen LogP contribution in [0.5, 0.6) is 5.75 Å². The Morgan fingerprint density at radius 2 is 1.88 bits per heavy atom. The molecule has 128 valence electrons. The van der Waals surface area contributed by atoms with Crippen molar-refractivity contribution < 1.29 is 14.6 Å². The molecule has 1 atom stereocenters. The zero-order valence-corrected chi connectivity index (χ0v) is 14.0. The van der Waals surface area contributed by atoms with E-state index in [0.717, 1.165) is 11.4 Å². The quantitative estimate of drug-likeness (QED) is 0.750. The van der Waals surface area contributed by atoms with Gasteiger partial charge in [0.1, 0.15) is 5.75 Å². The highest BCUT2D eigenvalue weighted by atomic mass is 16.5. The second-order valence-electron chi connectivity index (χ2n) is 5.56. The Kier molecular flexibility index (Phi) is 4.81. The minimum absolute atomic E-state index is 0.288. The van der Waals surface area contributed by atoms with Crippen LogP contribution >= 0.6 is 0 Å². The zero-order chi connectivity index (χ0) is 17.8. The number of methoxy groups -OCH3 is 1. The average molecular weight is 337 g/mol. The Balaban J connectivity index is 1.79. The van der Waals surface area contributed by atoms with Crippen LogP contribution in [0.1, 0.15) is 29.1 Å². The summed E-state index contributed by atoms with van der Waals surface area (Å²) in [6.07, 6.45) is 1.05. The number of aliphatic hydroxyl groups excluding tert-OH is 1. The number of benzene rings is 2. The molecule has 1 aromatic heterocycles. The molecule has 0 aliphatic heterocycles. The molecule has 0 spiro atoms. The first kappa shape index (κ1) is 16.7. The van der Waals surface area contributed by atoms with Crippen molar-refractivity contribution in [3.05, 3.63) is 72.1 Å². The van der Waals surface area contributed by atoms with Gasteiger partial charge in [-0.25, -0.2) is 4.68 Å². The lowest BCUT2D eigenvalue weighted by atomic mass is 10.1. The predicted octanol–water partition coefficient (Wildman–Crippen LogP) is 3.19. The number of nitrogens with zero attached hydrogens (tertiary/aromatic N) is 2. The Morgan fingerprint density at radius 1 is 1.16 bits per heavy atom. The molecule has 3 rings (SSSR count). The molecular formula is C19H19N3O3. The minimum Gasteiger partial charge on any atom is -0.497 e. The lowest BCUT2D eigenvalue weighted by Crippen LogP contribution is -2.15. The normalized spacial score (nSPS) is 11.8. The summed E-state index contributed by atoms with van der Waals surface area (Å²) >= 11 is 0. The summed E-state index contributed by atoms with van der Waals surface area (Å²) in [5, 5.41) is 16.9. The van der Waals surface area contributed by atoms with Crippen molar-refractivity contribution in [1.82, 2.24) is 9.78 Å². The van der Waals surface area contributed by atoms with Crippen LogP contribution in [0.3, 0.4) is 0 Å². The van der Waals surface area contributed by atoms with E-state index in [9.17, 15) is 9.90 Å². The van der Waals surface area contributed by atoms with Crippen LogP contribution in [-0.2, 0) is 0 Å². The van der Waals surface area contributed by atoms with E-state index in [-0.39, 0.29) is 11.6 Å². The molecule has 25 heavy (non-hydrogen) atoms. The van der Waals surface area contributed by atoms with E-state index in [0.29, 0.717) is 11.3 Å². The van der Waals surface area contributed by atoms with Gasteiger partial charge in [0.25, 0.3) is 5.91 Å². The third-order valence-electron chi connectivity index (χ3n) is 3.82. The van der Waals surface area contributed by atoms with Crippen LogP contribution in [0.2, 0.25) is 0 Å². The number of rotatable bonds is 5. The summed E-state index contributed by atoms with van der Waals surface area (Å²) in [4.78, 5) is 12.4. The third-order valence-corrected chi connectivity index (χ3v) is 3.82. The molecule has 0 aliphatic carbocycles. The van der Waals surface area contributed by atoms with E-state index >= 15 is 0 Å². The SMILES string of the molecule is COc1ccc(-n2ccc(C(=O)Nc3ccccc3C(C)O)n2)cc1. The fourth-order valence-electron chi connectivity index (χ4n) is 2.49. The largest absolute Gasteiger partial charge is 0.497 e. The Hall–Kier alpha value is -3.12. The Labute approximate surface area is 145 Å². The fourth-order valence-corrected chi connectivity index (χ4v) is 2.49. The molecular weight excluding hydrogens is 318 g/mol. The summed E-state index contributed by atoms with van der Waals surface area (Å²) < 4.78 is 6.75. The van der Waals surface area contributed by atoms with E-state index in [2.05, 4.69) is 10.4 Å². The first-order valence-electron chi connectivity index (χ1n) is 7.87. The van der Waals surface area contributed by atoms with Crippen LogP contribution in [0.4, 0.5) is 5.69 Å². The molecule has 1 heterocycles. The number of carbonyl (C=O) groups is 1. The van der Waals surface area contributed by atoms with Gasteiger partial charge in [-0.15, -0.1) is 0 Å². The topological polar surface area (TPSA) is 76.4 Å². The first-order chi connectivity index (χ1) is 12.1. The monoisotopic (exact) mass is 337 g/mol. The lowest BCUT2D eigenvalue weighted by molar-refractivity contribution is 0.102. The third kappa shape index (κ3) is 3.70. The number of aromatic nitrogens is 2. The molecule has 0 saturated carbocycles. The van der Waals surface area contributed by atoms with Gasteiger partial charge in [-0.1, -0.05) is 18.2 Å². The summed E-state index contributed by atoms with van der Waals surface area (Å²) in [5.41, 5.74) is 2.34. The van der Waals surface area contributed by atoms with Gasteiger partial charge in [-0.05, 0) is 43.3 Å². The van der Waals surface area contributed by atoms with Gasteiger partial charge in [-0.3, -0.25) is 4.79 Å². The molecule has 6 heteroatoms. The van der Waals surface area contributed by atoms with E-state index in [1.807, 2.05) is 30.3 Å². The second kappa shape index (κ2) is 7.19. The highest BCUT2D eigenvalue weighted by Crippen LogP contribution is 2.22. The van der Waals surface area contributed by atoms with Crippen LogP contribution in [0.25, 0.3) is 5.69 Å². The van der Waals surface area contributed by atoms with E-state index in [1.54, 1.807) is 49.2 Å². The Morgan fingerprint density at radius 3 is 2.56 bits per heavy atom. The lowest BCUT2D eigenvalue weighted by Gasteiger charge is -2.12. The molecule has 1 amide bonds. The number of hydrogen-bond donors (Lipinski definition) is 2. The van der Waals surface area contributed by atoms with Gasteiger partial charge < -0.3 is 15.2 Å². The fraction of sp³-hybridized carbons (Fsp3) is 0.158. The van der Waals surface area contributed by atoms with Gasteiger partial charge in [0, 0.05) is 17.4 Å². The van der Waals surface area contributed by atoms with Crippen molar-refractivity contribution in [2.45, 2.75) is 13.0 Å². The van der Waals surface area contributed by atoms with E-state index < -0.39 is 6.10 Å². The highest BCUT2D eigenvalue weighted by Gasteiger charge is 2.14. The van der Waals surface area contributed by atoms with Crippen molar-refractivity contribution in [2.75, 3.05) is 12.4 Å². The van der Waals surface area contributed by atoms with Crippen molar-refractivity contribution in [2.24, 2.45) is 0 Å². The number of amides is 1. The summed E-state index contributed by atoms with van der Waals surface area (Å²) in [5.74, 6) is 0.420. The van der Waals surface area contributed by atoms with Crippen molar-refractivity contribution in [3.63, 3.8) is 0 Å². The number of ether oxygens (including phenoxy) is 1. The number of carbonyl (C=O) groups excluding carboxylic acids is 1. The summed E-state index contributed by atoms with van der Waals surface area (Å²) in [6, 6.07) is 16.2. The minimum atomic E-state index is -0.673. The van der Waals surface area contributed by atoms with Crippen molar-refractivity contribution >= 4 is 11.6 Å². The number of hydrogen-bond acceptors (Lipinski definition) is 4. The van der Waals surface area contributed by atoms with Crippen molar-refractivity contribution in [3.8, 4) is 11.4 Å². The number of nitrogens with one attached hydrogen (secondary N) is 1. The average Bonchev–Trinajstić information content (AvgIpc) is 3.12. The second-order valence-corrected chi connectivity index (χ2v) is 5.56. The molecule has 0 radical (unpaired) electrons. The molecule has 0 aliphatic rings. The maximum absolute atomic E-state index is 12.4. The van der Waals surface area contributed by atoms with Crippen LogP contribution in [-0.4, -0.2) is 27.9 Å². The van der Waals surface area contributed by atoms with Crippen LogP contribution < -0.4 is 10.1 Å². The molecule has 0 bridgehead atoms. The molecule has 6 nitrogen and oxygen atoms in total. The molecule has 2 aromatic carbocycles. The van der Waals surface area contributed by atoms with Gasteiger partial charge in [0.2, 0.25) is 0 Å². The smallest absolute Gasteiger partial charge is 0.276 e. The molecule has 2 N–H and O–H groups in total. The number of para-hydroxylation sites is 1. The van der Waals surface area contributed by atoms with Gasteiger partial charge >= 0.3 is 0 Å². The number of anilines is 1. The highest BCUT2D eigenvalue weighted by molar-refractivity contribution is 6.03. The van der Waals surface area contributed by atoms with E-state index in [1.165, 1.54) is 0 Å². The van der Waals surface area contributed by atoms with Crippen LogP contribution in [0.15, 0.2) is 60.8 Å². The predicted molar refractivity (Wildman–Crippen MR) is 95.1 cm³/mol. The molecule has 3 aromatic rings. The molecule has 1 unspecified atom stereocenters. The maximum Gasteiger partial charge on any atom is 0.276 e. The van der Waals surface area contributed by atoms with Gasteiger partial charge in [0.05, 0.1) is 18.9 Å². The maximum atomic E-state index is 12.4. The number of aliphatic hydroxyl groups is 1. The summed E-state index contributed by atoms with van der Waals surface area (Å²) in [6.45, 7) is 1.66. The Bertz CT molecular complexity index is 870. The van der Waals surface area contributed by atoms with Gasteiger partial charge in [-0.2, -0.15) is 5.10 Å². The molecule has 0 fully saturated rings. The van der Waals surface area contributed by atoms with Crippen LogP contribution in [0, 0.1) is 0 Å². The summed E-state index contributed by atoms with van der Waals surface area (Å²) in [7, 11) is 1.61. The van der Waals surface area contributed by atoms with E-state index in [4.69, 9.17) is 4.74 Å². The first-order valence-corrected chi connectivity index (χ1v) is 7.87. The van der Waals surface area contributed by atoms with Gasteiger partial charge in [0.15, 0.2) is 5.69 Å². The standard InChI is InChI=1S/C19H19N3O3/c1-13(23)16-5-3-4-6-17(16)20-19(24)18-11-12-22(21-18)14-7-9-15(25-2)10-8-14/h3-13,23H,1-2H3,(H,20,24). The molecule has 0 saturated heterocycles.